The van der Waals surface area contributed by atoms with Crippen LogP contribution in [0.25, 0.3) is 0 Å². The fourth-order valence-corrected chi connectivity index (χ4v) is 3.93. The summed E-state index contributed by atoms with van der Waals surface area (Å²) in [6, 6.07) is 4.10. The molecule has 6 heteroatoms. The van der Waals surface area contributed by atoms with Crippen molar-refractivity contribution in [2.75, 3.05) is 6.54 Å². The van der Waals surface area contributed by atoms with E-state index >= 15 is 0 Å². The van der Waals surface area contributed by atoms with Crippen LogP contribution in [0.3, 0.4) is 0 Å². The molecule has 98 valence electrons. The van der Waals surface area contributed by atoms with Gasteiger partial charge in [-0.15, -0.1) is 0 Å². The molecule has 1 aromatic rings. The summed E-state index contributed by atoms with van der Waals surface area (Å²) < 4.78 is 25.6. The van der Waals surface area contributed by atoms with Gasteiger partial charge in [0.2, 0.25) is 10.0 Å². The number of rotatable bonds is 3. The maximum Gasteiger partial charge on any atom is 0.322 e. The number of carbonyl (C=O) groups is 1. The van der Waals surface area contributed by atoms with Gasteiger partial charge in [0.25, 0.3) is 0 Å². The van der Waals surface area contributed by atoms with Crippen LogP contribution >= 0.6 is 0 Å². The number of benzene rings is 1. The highest BCUT2D eigenvalue weighted by molar-refractivity contribution is 7.89. The normalized spacial score (nSPS) is 20.4. The van der Waals surface area contributed by atoms with Crippen LogP contribution in [0.4, 0.5) is 0 Å². The Bertz CT molecular complexity index is 574. The second-order valence-corrected chi connectivity index (χ2v) is 6.47. The minimum absolute atomic E-state index is 0.172. The number of carboxylic acids is 1. The van der Waals surface area contributed by atoms with Gasteiger partial charge >= 0.3 is 5.97 Å². The third-order valence-corrected chi connectivity index (χ3v) is 4.94. The molecule has 1 fully saturated rings. The summed E-state index contributed by atoms with van der Waals surface area (Å²) in [5, 5.41) is 8.92. The Labute approximate surface area is 106 Å². The molecule has 18 heavy (non-hydrogen) atoms. The molecule has 1 heterocycles. The topological polar surface area (TPSA) is 74.7 Å². The number of carboxylic acid groups (broad SMARTS) is 1. The van der Waals surface area contributed by atoms with Crippen molar-refractivity contribution in [1.82, 2.24) is 4.31 Å². The van der Waals surface area contributed by atoms with Gasteiger partial charge in [-0.05, 0) is 43.5 Å². The van der Waals surface area contributed by atoms with Crippen LogP contribution in [0, 0.1) is 13.8 Å². The molecule has 0 radical (unpaired) electrons. The smallest absolute Gasteiger partial charge is 0.322 e. The Hall–Kier alpha value is -1.40. The van der Waals surface area contributed by atoms with Crippen molar-refractivity contribution in [3.05, 3.63) is 29.3 Å². The molecule has 0 bridgehead atoms. The van der Waals surface area contributed by atoms with Crippen LogP contribution in [0.5, 0.6) is 0 Å². The highest BCUT2D eigenvalue weighted by atomic mass is 32.2. The van der Waals surface area contributed by atoms with E-state index in [0.717, 1.165) is 15.4 Å². The lowest BCUT2D eigenvalue weighted by Gasteiger charge is -2.36. The first-order valence-corrected chi connectivity index (χ1v) is 7.09. The summed E-state index contributed by atoms with van der Waals surface area (Å²) in [6.07, 6.45) is 0.374. The number of hydrogen-bond acceptors (Lipinski definition) is 3. The van der Waals surface area contributed by atoms with E-state index in [9.17, 15) is 13.2 Å². The van der Waals surface area contributed by atoms with Gasteiger partial charge in [0.05, 0.1) is 4.90 Å². The van der Waals surface area contributed by atoms with Crippen LogP contribution in [-0.4, -0.2) is 36.4 Å². The first-order chi connectivity index (χ1) is 8.32. The summed E-state index contributed by atoms with van der Waals surface area (Å²) in [5.41, 5.74) is 1.70. The molecule has 1 aromatic carbocycles. The molecule has 0 aromatic heterocycles. The van der Waals surface area contributed by atoms with E-state index in [1.54, 1.807) is 12.1 Å². The predicted molar refractivity (Wildman–Crippen MR) is 65.8 cm³/mol. The van der Waals surface area contributed by atoms with E-state index in [2.05, 4.69) is 0 Å². The van der Waals surface area contributed by atoms with Crippen LogP contribution in [-0.2, 0) is 14.8 Å². The SMILES string of the molecule is Cc1cc(C)cc(S(=O)(=O)N2CC[C@H]2C(=O)O)c1. The maximum atomic E-state index is 12.3. The largest absolute Gasteiger partial charge is 0.480 e. The first-order valence-electron chi connectivity index (χ1n) is 5.65. The maximum absolute atomic E-state index is 12.3. The molecular formula is C12H15NO4S. The summed E-state index contributed by atoms with van der Waals surface area (Å²) in [5.74, 6) is -1.09. The van der Waals surface area contributed by atoms with Crippen molar-refractivity contribution < 1.29 is 18.3 Å². The Balaban J connectivity index is 2.40. The summed E-state index contributed by atoms with van der Waals surface area (Å²) in [6.45, 7) is 3.90. The van der Waals surface area contributed by atoms with E-state index in [-0.39, 0.29) is 11.4 Å². The van der Waals surface area contributed by atoms with Crippen LogP contribution in [0.1, 0.15) is 17.5 Å². The average molecular weight is 269 g/mol. The van der Waals surface area contributed by atoms with Gasteiger partial charge in [0.15, 0.2) is 0 Å². The second kappa shape index (κ2) is 4.37. The Morgan fingerprint density at radius 3 is 2.22 bits per heavy atom. The van der Waals surface area contributed by atoms with E-state index in [1.807, 2.05) is 19.9 Å². The zero-order valence-electron chi connectivity index (χ0n) is 10.3. The molecule has 1 aliphatic rings. The lowest BCUT2D eigenvalue weighted by Crippen LogP contribution is -2.54. The van der Waals surface area contributed by atoms with Crippen LogP contribution in [0.15, 0.2) is 23.1 Å². The van der Waals surface area contributed by atoms with Crippen molar-refractivity contribution in [3.8, 4) is 0 Å². The van der Waals surface area contributed by atoms with Crippen molar-refractivity contribution >= 4 is 16.0 Å². The van der Waals surface area contributed by atoms with E-state index in [1.165, 1.54) is 0 Å². The minimum atomic E-state index is -3.69. The molecule has 0 amide bonds. The monoisotopic (exact) mass is 269 g/mol. The molecule has 1 atom stereocenters. The standard InChI is InChI=1S/C12H15NO4S/c1-8-5-9(2)7-10(6-8)18(16,17)13-4-3-11(13)12(14)15/h5-7,11H,3-4H2,1-2H3,(H,14,15)/t11-/m0/s1. The van der Waals surface area contributed by atoms with Gasteiger partial charge in [0, 0.05) is 6.54 Å². The quantitative estimate of drug-likeness (QED) is 0.893. The van der Waals surface area contributed by atoms with Gasteiger partial charge in [-0.1, -0.05) is 6.07 Å². The summed E-state index contributed by atoms with van der Waals surface area (Å²) in [4.78, 5) is 11.1. The predicted octanol–water partition coefficient (Wildman–Crippen LogP) is 1.15. The van der Waals surface area contributed by atoms with Crippen LogP contribution in [0.2, 0.25) is 0 Å². The number of sulfonamides is 1. The lowest BCUT2D eigenvalue weighted by molar-refractivity contribution is -0.144. The molecule has 0 unspecified atom stereocenters. The molecule has 5 nitrogen and oxygen atoms in total. The fourth-order valence-electron chi connectivity index (χ4n) is 2.12. The van der Waals surface area contributed by atoms with Gasteiger partial charge in [-0.25, -0.2) is 8.42 Å². The van der Waals surface area contributed by atoms with Gasteiger partial charge in [-0.2, -0.15) is 4.31 Å². The Morgan fingerprint density at radius 2 is 1.83 bits per heavy atom. The van der Waals surface area contributed by atoms with Gasteiger partial charge in [0.1, 0.15) is 6.04 Å². The lowest BCUT2D eigenvalue weighted by atomic mass is 10.1. The molecule has 0 spiro atoms. The van der Waals surface area contributed by atoms with Crippen molar-refractivity contribution in [2.45, 2.75) is 31.2 Å². The molecule has 1 N–H and O–H groups in total. The third-order valence-electron chi connectivity index (χ3n) is 3.06. The second-order valence-electron chi connectivity index (χ2n) is 4.58. The van der Waals surface area contributed by atoms with E-state index in [0.29, 0.717) is 6.42 Å². The molecule has 0 saturated carbocycles. The van der Waals surface area contributed by atoms with Gasteiger partial charge < -0.3 is 5.11 Å². The first kappa shape index (κ1) is 13.0. The third kappa shape index (κ3) is 2.13. The molecular weight excluding hydrogens is 254 g/mol. The van der Waals surface area contributed by atoms with Crippen molar-refractivity contribution in [1.29, 1.82) is 0 Å². The zero-order valence-corrected chi connectivity index (χ0v) is 11.1. The zero-order chi connectivity index (χ0) is 13.5. The summed E-state index contributed by atoms with van der Waals surface area (Å²) >= 11 is 0. The molecule has 1 aliphatic heterocycles. The number of hydrogen-bond donors (Lipinski definition) is 1. The average Bonchev–Trinajstić information content (AvgIpc) is 2.11. The highest BCUT2D eigenvalue weighted by Gasteiger charge is 2.42. The Kier molecular flexibility index (Phi) is 3.16. The number of aryl methyl sites for hydroxylation is 2. The van der Waals surface area contributed by atoms with E-state index in [4.69, 9.17) is 5.11 Å². The summed E-state index contributed by atoms with van der Waals surface area (Å²) in [7, 11) is -3.69. The number of nitrogens with zero attached hydrogens (tertiary/aromatic N) is 1. The molecule has 1 saturated heterocycles. The Morgan fingerprint density at radius 1 is 1.28 bits per heavy atom. The van der Waals surface area contributed by atoms with Crippen molar-refractivity contribution in [3.63, 3.8) is 0 Å². The highest BCUT2D eigenvalue weighted by Crippen LogP contribution is 2.28. The fraction of sp³-hybridized carbons (Fsp3) is 0.417. The van der Waals surface area contributed by atoms with Crippen molar-refractivity contribution in [2.24, 2.45) is 0 Å². The van der Waals surface area contributed by atoms with Gasteiger partial charge in [-0.3, -0.25) is 4.79 Å². The molecule has 0 aliphatic carbocycles. The number of aliphatic carboxylic acids is 1. The molecule has 2 rings (SSSR count). The minimum Gasteiger partial charge on any atom is -0.480 e. The van der Waals surface area contributed by atoms with E-state index < -0.39 is 22.0 Å². The van der Waals surface area contributed by atoms with Crippen LogP contribution < -0.4 is 0 Å².